The molecule has 3 atom stereocenters. The third-order valence-electron chi connectivity index (χ3n) is 5.47. The second-order valence-electron chi connectivity index (χ2n) is 8.33. The lowest BCUT2D eigenvalue weighted by molar-refractivity contribution is 0.0528. The van der Waals surface area contributed by atoms with Crippen LogP contribution in [0, 0.1) is 18.8 Å². The maximum absolute atomic E-state index is 15.4. The molecular formula is C23H30FNO5S2. The zero-order chi connectivity index (χ0) is 24.1. The molecule has 2 rings (SSSR count). The molecule has 0 aliphatic heterocycles. The van der Waals surface area contributed by atoms with Crippen molar-refractivity contribution in [1.29, 1.82) is 0 Å². The first-order valence-electron chi connectivity index (χ1n) is 10.4. The Hall–Kier alpha value is -1.94. The number of alkyl halides is 1. The van der Waals surface area contributed by atoms with Crippen molar-refractivity contribution in [2.24, 2.45) is 11.8 Å². The molecule has 0 aliphatic carbocycles. The molecule has 0 spiro atoms. The van der Waals surface area contributed by atoms with Gasteiger partial charge in [0.2, 0.25) is 11.3 Å². The first-order chi connectivity index (χ1) is 14.9. The molecule has 176 valence electrons. The van der Waals surface area contributed by atoms with E-state index in [-0.39, 0.29) is 10.7 Å². The van der Waals surface area contributed by atoms with Crippen LogP contribution in [0.3, 0.4) is 0 Å². The molecule has 2 aromatic rings. The highest BCUT2D eigenvalue weighted by Crippen LogP contribution is 2.36. The second kappa shape index (κ2) is 10.8. The van der Waals surface area contributed by atoms with Gasteiger partial charge in [-0.1, -0.05) is 65.1 Å². The SMILES string of the molecule is CCCC(C(=O)c1ccc(C)cc1)C(CN(S(=O)O)S(=O)(=O)c1ccccc1)C(C)(C)F. The number of nitrogens with zero attached hydrogens (tertiary/aromatic N) is 1. The number of halogens is 1. The van der Waals surface area contributed by atoms with Crippen LogP contribution in [0.1, 0.15) is 49.5 Å². The van der Waals surface area contributed by atoms with Crippen LogP contribution in [-0.2, 0) is 21.3 Å². The van der Waals surface area contributed by atoms with E-state index in [1.54, 1.807) is 30.3 Å². The van der Waals surface area contributed by atoms with E-state index < -0.39 is 45.3 Å². The van der Waals surface area contributed by atoms with Crippen molar-refractivity contribution in [3.63, 3.8) is 0 Å². The van der Waals surface area contributed by atoms with Gasteiger partial charge in [-0.05, 0) is 39.3 Å². The summed E-state index contributed by atoms with van der Waals surface area (Å²) in [5.41, 5.74) is -0.637. The summed E-state index contributed by atoms with van der Waals surface area (Å²) in [6.45, 7) is 5.63. The highest BCUT2D eigenvalue weighted by atomic mass is 32.3. The largest absolute Gasteiger partial charge is 0.294 e. The first-order valence-corrected chi connectivity index (χ1v) is 12.9. The van der Waals surface area contributed by atoms with Crippen molar-refractivity contribution in [1.82, 2.24) is 3.71 Å². The van der Waals surface area contributed by atoms with Gasteiger partial charge < -0.3 is 0 Å². The van der Waals surface area contributed by atoms with E-state index in [0.717, 1.165) is 5.56 Å². The van der Waals surface area contributed by atoms with Crippen LogP contribution in [0.25, 0.3) is 0 Å². The molecule has 1 N–H and O–H groups in total. The van der Waals surface area contributed by atoms with Gasteiger partial charge in [0, 0.05) is 23.9 Å². The molecule has 9 heteroatoms. The zero-order valence-corrected chi connectivity index (χ0v) is 20.3. The van der Waals surface area contributed by atoms with Crippen molar-refractivity contribution in [2.75, 3.05) is 6.54 Å². The molecule has 0 radical (unpaired) electrons. The Kier molecular flexibility index (Phi) is 8.87. The minimum absolute atomic E-state index is 0.185. The zero-order valence-electron chi connectivity index (χ0n) is 18.7. The molecule has 32 heavy (non-hydrogen) atoms. The molecule has 2 aromatic carbocycles. The summed E-state index contributed by atoms with van der Waals surface area (Å²) < 4.78 is 63.8. The van der Waals surface area contributed by atoms with Gasteiger partial charge in [-0.3, -0.25) is 9.35 Å². The van der Waals surface area contributed by atoms with Gasteiger partial charge in [-0.25, -0.2) is 17.0 Å². The fraction of sp³-hybridized carbons (Fsp3) is 0.435. The molecule has 0 saturated carbocycles. The van der Waals surface area contributed by atoms with E-state index in [2.05, 4.69) is 0 Å². The van der Waals surface area contributed by atoms with Crippen LogP contribution in [0.2, 0.25) is 0 Å². The van der Waals surface area contributed by atoms with Crippen molar-refractivity contribution in [3.05, 3.63) is 65.7 Å². The molecule has 0 bridgehead atoms. The predicted octanol–water partition coefficient (Wildman–Crippen LogP) is 4.79. The Morgan fingerprint density at radius 1 is 1.12 bits per heavy atom. The number of carbonyl (C=O) groups excluding carboxylic acids is 1. The average molecular weight is 484 g/mol. The smallest absolute Gasteiger partial charge is 0.256 e. The summed E-state index contributed by atoms with van der Waals surface area (Å²) in [6.07, 6.45) is 0.866. The minimum atomic E-state index is -4.39. The monoisotopic (exact) mass is 483 g/mol. The van der Waals surface area contributed by atoms with Crippen molar-refractivity contribution in [3.8, 4) is 0 Å². The summed E-state index contributed by atoms with van der Waals surface area (Å²) in [4.78, 5) is 13.1. The predicted molar refractivity (Wildman–Crippen MR) is 124 cm³/mol. The van der Waals surface area contributed by atoms with Crippen molar-refractivity contribution < 1.29 is 26.4 Å². The molecule has 0 amide bonds. The Bertz CT molecular complexity index is 1030. The quantitative estimate of drug-likeness (QED) is 0.367. The lowest BCUT2D eigenvalue weighted by atomic mass is 9.75. The molecule has 0 heterocycles. The number of carbonyl (C=O) groups is 1. The van der Waals surface area contributed by atoms with E-state index in [1.807, 2.05) is 13.8 Å². The highest BCUT2D eigenvalue weighted by molar-refractivity contribution is 7.99. The fourth-order valence-corrected chi connectivity index (χ4v) is 6.01. The maximum atomic E-state index is 15.4. The third kappa shape index (κ3) is 6.31. The normalized spacial score (nSPS) is 15.3. The lowest BCUT2D eigenvalue weighted by Gasteiger charge is -2.35. The highest BCUT2D eigenvalue weighted by Gasteiger charge is 2.44. The molecule has 0 saturated heterocycles. The maximum Gasteiger partial charge on any atom is 0.256 e. The number of ketones is 1. The van der Waals surface area contributed by atoms with Crippen LogP contribution >= 0.6 is 0 Å². The van der Waals surface area contributed by atoms with Gasteiger partial charge in [-0.15, -0.1) is 0 Å². The Morgan fingerprint density at radius 3 is 2.16 bits per heavy atom. The Labute approximate surface area is 192 Å². The third-order valence-corrected chi connectivity index (χ3v) is 8.49. The van der Waals surface area contributed by atoms with Crippen molar-refractivity contribution >= 4 is 27.1 Å². The topological polar surface area (TPSA) is 91.8 Å². The van der Waals surface area contributed by atoms with Gasteiger partial charge in [0.05, 0.1) is 4.90 Å². The van der Waals surface area contributed by atoms with Crippen LogP contribution in [0.15, 0.2) is 59.5 Å². The van der Waals surface area contributed by atoms with E-state index in [0.29, 0.717) is 22.1 Å². The number of aryl methyl sites for hydroxylation is 1. The van der Waals surface area contributed by atoms with Crippen molar-refractivity contribution in [2.45, 2.75) is 51.1 Å². The summed E-state index contributed by atoms with van der Waals surface area (Å²) in [5.74, 6) is -2.34. The Balaban J connectivity index is 2.50. The van der Waals surface area contributed by atoms with Gasteiger partial charge in [0.25, 0.3) is 10.0 Å². The van der Waals surface area contributed by atoms with E-state index >= 15 is 4.39 Å². The molecule has 0 aliphatic rings. The standard InChI is InChI=1S/C23H30FNO5S2/c1-5-9-20(22(26)18-14-12-17(2)13-15-18)21(23(3,4)24)16-25(31(27)28)32(29,30)19-10-7-6-8-11-19/h6-8,10-15,20-21H,5,9,16H2,1-4H3,(H,27,28). The van der Waals surface area contributed by atoms with Crippen LogP contribution in [0.4, 0.5) is 4.39 Å². The van der Waals surface area contributed by atoms with E-state index in [9.17, 15) is 22.0 Å². The average Bonchev–Trinajstić information content (AvgIpc) is 2.72. The lowest BCUT2D eigenvalue weighted by Crippen LogP contribution is -2.46. The van der Waals surface area contributed by atoms with Crippen LogP contribution in [-0.4, -0.2) is 38.9 Å². The fourth-order valence-electron chi connectivity index (χ4n) is 3.70. The molecule has 0 fully saturated rings. The molecule has 3 unspecified atom stereocenters. The molecule has 6 nitrogen and oxygen atoms in total. The summed E-state index contributed by atoms with van der Waals surface area (Å²) >= 11 is -2.94. The van der Waals surface area contributed by atoms with E-state index in [4.69, 9.17) is 0 Å². The number of hydrogen-bond acceptors (Lipinski definition) is 4. The van der Waals surface area contributed by atoms with E-state index in [1.165, 1.54) is 38.1 Å². The summed E-state index contributed by atoms with van der Waals surface area (Å²) in [7, 11) is -4.39. The molecule has 0 aromatic heterocycles. The number of Topliss-reactive ketones (excluding diaryl/α,β-unsaturated/α-hetero) is 1. The first kappa shape index (κ1) is 26.3. The summed E-state index contributed by atoms with van der Waals surface area (Å²) in [5, 5.41) is 0. The van der Waals surface area contributed by atoms with Crippen LogP contribution in [0.5, 0.6) is 0 Å². The minimum Gasteiger partial charge on any atom is -0.294 e. The number of sulfonamides is 1. The second-order valence-corrected chi connectivity index (χ2v) is 11.3. The molecular weight excluding hydrogens is 453 g/mol. The number of hydrogen-bond donors (Lipinski definition) is 1. The van der Waals surface area contributed by atoms with Crippen LogP contribution < -0.4 is 0 Å². The van der Waals surface area contributed by atoms with Gasteiger partial charge in [0.15, 0.2) is 5.78 Å². The van der Waals surface area contributed by atoms with Gasteiger partial charge in [0.1, 0.15) is 5.67 Å². The van der Waals surface area contributed by atoms with Gasteiger partial charge in [-0.2, -0.15) is 0 Å². The number of rotatable bonds is 11. The van der Waals surface area contributed by atoms with Gasteiger partial charge >= 0.3 is 0 Å². The number of benzene rings is 2. The summed E-state index contributed by atoms with van der Waals surface area (Å²) in [6, 6.07) is 14.1. The Morgan fingerprint density at radius 2 is 1.69 bits per heavy atom.